The van der Waals surface area contributed by atoms with E-state index in [1.807, 2.05) is 0 Å². The molecular weight excluding hydrogens is 234 g/mol. The van der Waals surface area contributed by atoms with Crippen LogP contribution in [-0.2, 0) is 6.42 Å². The van der Waals surface area contributed by atoms with Crippen molar-refractivity contribution in [2.45, 2.75) is 32.1 Å². The Hall–Kier alpha value is -0.270. The Morgan fingerprint density at radius 1 is 1.40 bits per heavy atom. The maximum atomic E-state index is 13.4. The molecule has 0 heterocycles. The molecule has 1 rings (SSSR count). The van der Waals surface area contributed by atoms with Crippen molar-refractivity contribution in [3.8, 4) is 0 Å². The monoisotopic (exact) mass is 248 g/mol. The molecule has 2 atom stereocenters. The first-order valence-electron chi connectivity index (χ1n) is 5.13. The van der Waals surface area contributed by atoms with Gasteiger partial charge in [0.25, 0.3) is 0 Å². The number of hydrogen-bond donors (Lipinski definition) is 0. The molecule has 0 N–H and O–H groups in total. The number of alkyl halides is 1. The zero-order valence-electron chi connectivity index (χ0n) is 8.93. The summed E-state index contributed by atoms with van der Waals surface area (Å²) in [7, 11) is 0. The summed E-state index contributed by atoms with van der Waals surface area (Å²) in [6.07, 6.45) is 1.47. The van der Waals surface area contributed by atoms with Gasteiger partial charge in [-0.3, -0.25) is 0 Å². The number of benzene rings is 1. The summed E-state index contributed by atoms with van der Waals surface area (Å²) in [6.45, 7) is 4.13. The molecule has 0 aromatic heterocycles. The third-order valence-electron chi connectivity index (χ3n) is 2.72. The maximum Gasteiger partial charge on any atom is 0.127 e. The van der Waals surface area contributed by atoms with Crippen LogP contribution in [0.15, 0.2) is 18.2 Å². The minimum atomic E-state index is -0.267. The molecule has 0 saturated carbocycles. The van der Waals surface area contributed by atoms with Crippen molar-refractivity contribution < 1.29 is 4.39 Å². The molecule has 0 spiro atoms. The minimum Gasteiger partial charge on any atom is -0.207 e. The lowest BCUT2D eigenvalue weighted by Crippen LogP contribution is -2.14. The molecule has 0 amide bonds. The highest BCUT2D eigenvalue weighted by Gasteiger charge is 2.17. The van der Waals surface area contributed by atoms with Crippen molar-refractivity contribution in [2.75, 3.05) is 0 Å². The molecule has 0 aliphatic carbocycles. The third-order valence-corrected chi connectivity index (χ3v) is 3.66. The average Bonchev–Trinajstić information content (AvgIpc) is 2.22. The summed E-state index contributed by atoms with van der Waals surface area (Å²) >= 11 is 12.1. The summed E-state index contributed by atoms with van der Waals surface area (Å²) in [4.78, 5) is 0. The molecule has 0 saturated heterocycles. The van der Waals surface area contributed by atoms with Crippen molar-refractivity contribution >= 4 is 23.2 Å². The van der Waals surface area contributed by atoms with Gasteiger partial charge in [-0.05, 0) is 24.5 Å². The topological polar surface area (TPSA) is 0 Å². The number of hydrogen-bond acceptors (Lipinski definition) is 0. The van der Waals surface area contributed by atoms with Crippen LogP contribution in [0.1, 0.15) is 25.8 Å². The van der Waals surface area contributed by atoms with Crippen LogP contribution in [0.2, 0.25) is 5.02 Å². The van der Waals surface area contributed by atoms with E-state index in [1.165, 1.54) is 6.07 Å². The van der Waals surface area contributed by atoms with Gasteiger partial charge in [0.05, 0.1) is 0 Å². The molecule has 0 radical (unpaired) electrons. The zero-order valence-corrected chi connectivity index (χ0v) is 10.4. The summed E-state index contributed by atoms with van der Waals surface area (Å²) in [5.41, 5.74) is 0.527. The van der Waals surface area contributed by atoms with Gasteiger partial charge in [0, 0.05) is 16.0 Å². The zero-order chi connectivity index (χ0) is 11.4. The second kappa shape index (κ2) is 5.72. The molecule has 15 heavy (non-hydrogen) atoms. The predicted octanol–water partition coefficient (Wildman–Crippen LogP) is 4.68. The highest BCUT2D eigenvalue weighted by Crippen LogP contribution is 2.25. The van der Waals surface area contributed by atoms with Gasteiger partial charge < -0.3 is 0 Å². The molecule has 84 valence electrons. The van der Waals surface area contributed by atoms with E-state index >= 15 is 0 Å². The molecule has 0 aliphatic rings. The van der Waals surface area contributed by atoms with E-state index in [9.17, 15) is 4.39 Å². The van der Waals surface area contributed by atoms with Crippen molar-refractivity contribution in [3.63, 3.8) is 0 Å². The molecule has 0 nitrogen and oxygen atoms in total. The van der Waals surface area contributed by atoms with E-state index in [1.54, 1.807) is 12.1 Å². The fourth-order valence-corrected chi connectivity index (χ4v) is 1.95. The Balaban J connectivity index is 2.80. The lowest BCUT2D eigenvalue weighted by Gasteiger charge is -2.17. The summed E-state index contributed by atoms with van der Waals surface area (Å²) in [5.74, 6) is 0.0961. The molecule has 0 bridgehead atoms. The molecule has 2 unspecified atom stereocenters. The van der Waals surface area contributed by atoms with Gasteiger partial charge in [-0.2, -0.15) is 0 Å². The van der Waals surface area contributed by atoms with Crippen LogP contribution in [0.5, 0.6) is 0 Å². The van der Waals surface area contributed by atoms with Gasteiger partial charge in [0.15, 0.2) is 0 Å². The lowest BCUT2D eigenvalue weighted by molar-refractivity contribution is 0.514. The highest BCUT2D eigenvalue weighted by molar-refractivity contribution is 6.31. The normalized spacial score (nSPS) is 15.0. The van der Waals surface area contributed by atoms with E-state index in [0.29, 0.717) is 22.9 Å². The Bertz CT molecular complexity index is 305. The lowest BCUT2D eigenvalue weighted by atomic mass is 9.98. The molecule has 0 fully saturated rings. The first kappa shape index (κ1) is 12.8. The average molecular weight is 249 g/mol. The van der Waals surface area contributed by atoms with Crippen molar-refractivity contribution in [3.05, 3.63) is 34.6 Å². The maximum absolute atomic E-state index is 13.4. The fourth-order valence-electron chi connectivity index (χ4n) is 1.38. The van der Waals surface area contributed by atoms with E-state index in [2.05, 4.69) is 13.8 Å². The minimum absolute atomic E-state index is 0.0654. The second-order valence-corrected chi connectivity index (χ2v) is 4.77. The first-order chi connectivity index (χ1) is 7.06. The summed E-state index contributed by atoms with van der Waals surface area (Å²) in [6, 6.07) is 4.72. The van der Waals surface area contributed by atoms with E-state index < -0.39 is 0 Å². The Morgan fingerprint density at radius 3 is 2.60 bits per heavy atom. The number of rotatable bonds is 4. The van der Waals surface area contributed by atoms with E-state index in [-0.39, 0.29) is 11.2 Å². The summed E-state index contributed by atoms with van der Waals surface area (Å²) < 4.78 is 13.4. The Morgan fingerprint density at radius 2 is 2.07 bits per heavy atom. The smallest absolute Gasteiger partial charge is 0.127 e. The van der Waals surface area contributed by atoms with Crippen LogP contribution in [0.4, 0.5) is 4.39 Å². The molecule has 0 aliphatic heterocycles. The highest BCUT2D eigenvalue weighted by atomic mass is 35.5. The van der Waals surface area contributed by atoms with Crippen LogP contribution >= 0.6 is 23.2 Å². The standard InChI is InChI=1S/C12H15Cl2F/c1-3-8(2)11(14)7-9-10(13)5-4-6-12(9)15/h4-6,8,11H,3,7H2,1-2H3. The Kier molecular flexibility index (Phi) is 4.88. The van der Waals surface area contributed by atoms with E-state index in [4.69, 9.17) is 23.2 Å². The Labute approximate surface area is 100 Å². The van der Waals surface area contributed by atoms with Crippen LogP contribution in [-0.4, -0.2) is 5.38 Å². The van der Waals surface area contributed by atoms with Crippen LogP contribution in [0, 0.1) is 11.7 Å². The van der Waals surface area contributed by atoms with Gasteiger partial charge in [-0.25, -0.2) is 4.39 Å². The summed E-state index contributed by atoms with van der Waals surface area (Å²) in [5, 5.41) is 0.397. The molecule has 1 aromatic carbocycles. The quantitative estimate of drug-likeness (QED) is 0.680. The number of halogens is 3. The van der Waals surface area contributed by atoms with E-state index in [0.717, 1.165) is 6.42 Å². The third kappa shape index (κ3) is 3.35. The fraction of sp³-hybridized carbons (Fsp3) is 0.500. The van der Waals surface area contributed by atoms with Gasteiger partial charge in [-0.1, -0.05) is 37.9 Å². The van der Waals surface area contributed by atoms with Gasteiger partial charge in [0.2, 0.25) is 0 Å². The first-order valence-corrected chi connectivity index (χ1v) is 5.94. The van der Waals surface area contributed by atoms with Gasteiger partial charge in [0.1, 0.15) is 5.82 Å². The SMILES string of the molecule is CCC(C)C(Cl)Cc1c(F)cccc1Cl. The van der Waals surface area contributed by atoms with Crippen molar-refractivity contribution in [2.24, 2.45) is 5.92 Å². The predicted molar refractivity (Wildman–Crippen MR) is 64.2 cm³/mol. The van der Waals surface area contributed by atoms with Crippen molar-refractivity contribution in [1.82, 2.24) is 0 Å². The van der Waals surface area contributed by atoms with Crippen LogP contribution in [0.25, 0.3) is 0 Å². The van der Waals surface area contributed by atoms with Gasteiger partial charge >= 0.3 is 0 Å². The van der Waals surface area contributed by atoms with Crippen molar-refractivity contribution in [1.29, 1.82) is 0 Å². The second-order valence-electron chi connectivity index (χ2n) is 3.81. The van der Waals surface area contributed by atoms with Gasteiger partial charge in [-0.15, -0.1) is 11.6 Å². The molecule has 3 heteroatoms. The molecule has 1 aromatic rings. The largest absolute Gasteiger partial charge is 0.207 e. The van der Waals surface area contributed by atoms with Crippen LogP contribution in [0.3, 0.4) is 0 Å². The molecular formula is C12H15Cl2F. The van der Waals surface area contributed by atoms with Crippen LogP contribution < -0.4 is 0 Å².